The second-order valence-electron chi connectivity index (χ2n) is 6.03. The molecular weight excluding hydrogens is 348 g/mol. The fraction of sp³-hybridized carbons (Fsp3) is 0.200. The fourth-order valence-electron chi connectivity index (χ4n) is 2.68. The van der Waals surface area contributed by atoms with Gasteiger partial charge in [0.1, 0.15) is 5.69 Å². The third kappa shape index (κ3) is 3.75. The summed E-state index contributed by atoms with van der Waals surface area (Å²) in [6.45, 7) is 1.96. The van der Waals surface area contributed by atoms with Crippen molar-refractivity contribution < 1.29 is 13.2 Å². The van der Waals surface area contributed by atoms with Crippen molar-refractivity contribution in [2.24, 2.45) is 0 Å². The first kappa shape index (κ1) is 18.1. The number of carbonyl (C=O) groups excluding carboxylic acids is 1. The van der Waals surface area contributed by atoms with Gasteiger partial charge in [-0.1, -0.05) is 43.7 Å². The molecule has 0 spiro atoms. The van der Waals surface area contributed by atoms with Crippen LogP contribution >= 0.6 is 0 Å². The molecule has 0 aliphatic rings. The van der Waals surface area contributed by atoms with Crippen molar-refractivity contribution >= 4 is 16.1 Å². The lowest BCUT2D eigenvalue weighted by molar-refractivity contribution is 0.112. The van der Waals surface area contributed by atoms with E-state index in [-0.39, 0.29) is 5.75 Å². The minimum absolute atomic E-state index is 0.144. The van der Waals surface area contributed by atoms with E-state index in [4.69, 9.17) is 0 Å². The highest BCUT2D eigenvalue weighted by atomic mass is 32.2. The molecule has 0 atom stereocenters. The molecule has 5 nitrogen and oxygen atoms in total. The molecule has 0 saturated heterocycles. The van der Waals surface area contributed by atoms with Gasteiger partial charge in [0.15, 0.2) is 16.1 Å². The molecular formula is C20H20N2O3S. The monoisotopic (exact) mass is 368 g/mol. The standard InChI is InChI=1S/C20H20N2O3S/c1-2-3-13-26(24,25)19-11-9-16(10-12-19)20-17(15-23)14-22(21-20)18-7-5-4-6-8-18/h4-12,14-15H,2-3,13H2,1H3. The molecule has 0 radical (unpaired) electrons. The first-order valence-corrected chi connectivity index (χ1v) is 10.1. The molecule has 26 heavy (non-hydrogen) atoms. The summed E-state index contributed by atoms with van der Waals surface area (Å²) in [6, 6.07) is 16.1. The van der Waals surface area contributed by atoms with Gasteiger partial charge in [0.05, 0.1) is 21.9 Å². The Bertz CT molecular complexity index is 991. The number of sulfone groups is 1. The minimum Gasteiger partial charge on any atom is -0.298 e. The van der Waals surface area contributed by atoms with Crippen LogP contribution in [0.15, 0.2) is 65.7 Å². The first-order valence-electron chi connectivity index (χ1n) is 8.48. The Morgan fingerprint density at radius 3 is 2.35 bits per heavy atom. The molecule has 6 heteroatoms. The summed E-state index contributed by atoms with van der Waals surface area (Å²) >= 11 is 0. The second kappa shape index (κ2) is 7.66. The molecule has 1 aromatic heterocycles. The van der Waals surface area contributed by atoms with Crippen LogP contribution in [0.25, 0.3) is 16.9 Å². The fourth-order valence-corrected chi connectivity index (χ4v) is 4.14. The van der Waals surface area contributed by atoms with Crippen molar-refractivity contribution in [2.45, 2.75) is 24.7 Å². The highest BCUT2D eigenvalue weighted by Gasteiger charge is 2.16. The number of rotatable bonds is 7. The zero-order valence-corrected chi connectivity index (χ0v) is 15.3. The van der Waals surface area contributed by atoms with Gasteiger partial charge < -0.3 is 0 Å². The SMILES string of the molecule is CCCCS(=O)(=O)c1ccc(-c2nn(-c3ccccc3)cc2C=O)cc1. The van der Waals surface area contributed by atoms with Gasteiger partial charge in [-0.2, -0.15) is 5.10 Å². The summed E-state index contributed by atoms with van der Waals surface area (Å²) in [5.41, 5.74) is 2.54. The van der Waals surface area contributed by atoms with Crippen molar-refractivity contribution in [1.29, 1.82) is 0 Å². The summed E-state index contributed by atoms with van der Waals surface area (Å²) in [5, 5.41) is 4.50. The predicted octanol–water partition coefficient (Wildman–Crippen LogP) is 3.93. The van der Waals surface area contributed by atoms with Gasteiger partial charge in [0, 0.05) is 11.8 Å². The summed E-state index contributed by atoms with van der Waals surface area (Å²) in [6.07, 6.45) is 3.90. The maximum atomic E-state index is 12.3. The zero-order valence-electron chi connectivity index (χ0n) is 14.5. The normalized spacial score (nSPS) is 11.4. The Hall–Kier alpha value is -2.73. The van der Waals surface area contributed by atoms with Crippen LogP contribution in [0.5, 0.6) is 0 Å². The van der Waals surface area contributed by atoms with E-state index in [9.17, 15) is 13.2 Å². The zero-order chi connectivity index (χ0) is 18.6. The van der Waals surface area contributed by atoms with Gasteiger partial charge in [-0.15, -0.1) is 0 Å². The minimum atomic E-state index is -3.27. The number of carbonyl (C=O) groups is 1. The maximum absolute atomic E-state index is 12.3. The highest BCUT2D eigenvalue weighted by molar-refractivity contribution is 7.91. The van der Waals surface area contributed by atoms with Crippen LogP contribution in [0, 0.1) is 0 Å². The highest BCUT2D eigenvalue weighted by Crippen LogP contribution is 2.24. The Labute approximate surface area is 153 Å². The smallest absolute Gasteiger partial charge is 0.178 e. The summed E-state index contributed by atoms with van der Waals surface area (Å²) in [4.78, 5) is 11.7. The van der Waals surface area contributed by atoms with E-state index < -0.39 is 9.84 Å². The average molecular weight is 368 g/mol. The van der Waals surface area contributed by atoms with Gasteiger partial charge in [0.25, 0.3) is 0 Å². The largest absolute Gasteiger partial charge is 0.298 e. The van der Waals surface area contributed by atoms with E-state index in [0.717, 1.165) is 18.4 Å². The molecule has 134 valence electrons. The Kier molecular flexibility index (Phi) is 5.32. The van der Waals surface area contributed by atoms with Gasteiger partial charge in [-0.3, -0.25) is 4.79 Å². The van der Waals surface area contributed by atoms with E-state index in [1.165, 1.54) is 0 Å². The third-order valence-corrected chi connectivity index (χ3v) is 5.96. The number of para-hydroxylation sites is 1. The quantitative estimate of drug-likeness (QED) is 0.593. The third-order valence-electron chi connectivity index (χ3n) is 4.14. The molecule has 3 rings (SSSR count). The average Bonchev–Trinajstić information content (AvgIpc) is 3.12. The van der Waals surface area contributed by atoms with Crippen molar-refractivity contribution in [1.82, 2.24) is 9.78 Å². The topological polar surface area (TPSA) is 69.0 Å². The van der Waals surface area contributed by atoms with Crippen molar-refractivity contribution in [3.8, 4) is 16.9 Å². The Morgan fingerprint density at radius 1 is 1.04 bits per heavy atom. The van der Waals surface area contributed by atoms with E-state index in [1.54, 1.807) is 35.1 Å². The lowest BCUT2D eigenvalue weighted by atomic mass is 10.1. The van der Waals surface area contributed by atoms with Crippen LogP contribution < -0.4 is 0 Å². The van der Waals surface area contributed by atoms with Gasteiger partial charge >= 0.3 is 0 Å². The lowest BCUT2D eigenvalue weighted by Gasteiger charge is -2.05. The molecule has 0 aliphatic carbocycles. The number of benzene rings is 2. The molecule has 0 aliphatic heterocycles. The molecule has 1 heterocycles. The summed E-state index contributed by atoms with van der Waals surface area (Å²) in [7, 11) is -3.27. The molecule has 0 unspecified atom stereocenters. The summed E-state index contributed by atoms with van der Waals surface area (Å²) in [5.74, 6) is 0.144. The van der Waals surface area contributed by atoms with Crippen LogP contribution in [-0.2, 0) is 9.84 Å². The molecule has 0 saturated carbocycles. The molecule has 0 N–H and O–H groups in total. The van der Waals surface area contributed by atoms with Gasteiger partial charge in [-0.05, 0) is 30.7 Å². The van der Waals surface area contributed by atoms with Crippen molar-refractivity contribution in [2.75, 3.05) is 5.75 Å². The Balaban J connectivity index is 1.95. The molecule has 0 amide bonds. The van der Waals surface area contributed by atoms with E-state index in [2.05, 4.69) is 5.10 Å². The van der Waals surface area contributed by atoms with Crippen LogP contribution in [0.2, 0.25) is 0 Å². The number of hydrogen-bond acceptors (Lipinski definition) is 4. The van der Waals surface area contributed by atoms with Crippen molar-refractivity contribution in [3.63, 3.8) is 0 Å². The number of nitrogens with zero attached hydrogens (tertiary/aromatic N) is 2. The van der Waals surface area contributed by atoms with Crippen molar-refractivity contribution in [3.05, 3.63) is 66.4 Å². The molecule has 0 bridgehead atoms. The number of aldehydes is 1. The Morgan fingerprint density at radius 2 is 1.73 bits per heavy atom. The van der Waals surface area contributed by atoms with Gasteiger partial charge in [-0.25, -0.2) is 13.1 Å². The molecule has 0 fully saturated rings. The summed E-state index contributed by atoms with van der Waals surface area (Å²) < 4.78 is 26.2. The molecule has 2 aromatic carbocycles. The second-order valence-corrected chi connectivity index (χ2v) is 8.14. The predicted molar refractivity (Wildman–Crippen MR) is 101 cm³/mol. The first-order chi connectivity index (χ1) is 12.5. The maximum Gasteiger partial charge on any atom is 0.178 e. The van der Waals surface area contributed by atoms with E-state index >= 15 is 0 Å². The van der Waals surface area contributed by atoms with E-state index in [0.29, 0.717) is 28.1 Å². The van der Waals surface area contributed by atoms with E-state index in [1.807, 2.05) is 37.3 Å². The number of unbranched alkanes of at least 4 members (excludes halogenated alkanes) is 1. The van der Waals surface area contributed by atoms with Crippen LogP contribution in [-0.4, -0.2) is 30.2 Å². The molecule has 3 aromatic rings. The number of hydrogen-bond donors (Lipinski definition) is 0. The van der Waals surface area contributed by atoms with Gasteiger partial charge in [0.2, 0.25) is 0 Å². The lowest BCUT2D eigenvalue weighted by Crippen LogP contribution is -2.06. The van der Waals surface area contributed by atoms with Crippen LogP contribution in [0.1, 0.15) is 30.1 Å². The van der Waals surface area contributed by atoms with Crippen LogP contribution in [0.4, 0.5) is 0 Å². The van der Waals surface area contributed by atoms with Crippen LogP contribution in [0.3, 0.4) is 0 Å². The number of aromatic nitrogens is 2.